The molecule has 0 aliphatic carbocycles. The van der Waals surface area contributed by atoms with Crippen LogP contribution in [0.15, 0.2) is 29.2 Å². The van der Waals surface area contributed by atoms with Crippen LogP contribution in [0.5, 0.6) is 0 Å². The van der Waals surface area contributed by atoms with E-state index in [0.717, 1.165) is 25.4 Å². The summed E-state index contributed by atoms with van der Waals surface area (Å²) in [5.74, 6) is 1.48. The lowest BCUT2D eigenvalue weighted by Crippen LogP contribution is -2.40. The zero-order valence-corrected chi connectivity index (χ0v) is 13.4. The highest BCUT2D eigenvalue weighted by Gasteiger charge is 2.24. The molecule has 0 aromatic heterocycles. The Labute approximate surface area is 127 Å². The average molecular weight is 306 g/mol. The first kappa shape index (κ1) is 16.0. The van der Waals surface area contributed by atoms with Crippen LogP contribution in [-0.4, -0.2) is 38.7 Å². The van der Waals surface area contributed by atoms with Crippen molar-refractivity contribution in [2.75, 3.05) is 25.4 Å². The maximum Gasteiger partial charge on any atom is 0.179 e. The fourth-order valence-electron chi connectivity index (χ4n) is 2.66. The highest BCUT2D eigenvalue weighted by atomic mass is 32.2. The molecule has 0 N–H and O–H groups in total. The normalized spacial score (nSPS) is 23.7. The highest BCUT2D eigenvalue weighted by Crippen LogP contribution is 2.22. The van der Waals surface area contributed by atoms with Crippen molar-refractivity contribution in [3.05, 3.63) is 29.8 Å². The molecule has 1 aromatic rings. The van der Waals surface area contributed by atoms with Crippen LogP contribution in [0.2, 0.25) is 0 Å². The van der Waals surface area contributed by atoms with Gasteiger partial charge in [-0.2, -0.15) is 5.26 Å². The van der Waals surface area contributed by atoms with E-state index in [2.05, 4.69) is 18.7 Å². The highest BCUT2D eigenvalue weighted by molar-refractivity contribution is 7.91. The molecule has 2 unspecified atom stereocenters. The van der Waals surface area contributed by atoms with Crippen molar-refractivity contribution >= 4 is 9.84 Å². The van der Waals surface area contributed by atoms with E-state index in [1.54, 1.807) is 12.1 Å². The second kappa shape index (κ2) is 6.59. The summed E-state index contributed by atoms with van der Waals surface area (Å²) in [7, 11) is -3.27. The lowest BCUT2D eigenvalue weighted by Gasteiger charge is -2.35. The quantitative estimate of drug-likeness (QED) is 0.856. The van der Waals surface area contributed by atoms with E-state index in [9.17, 15) is 8.42 Å². The van der Waals surface area contributed by atoms with Gasteiger partial charge in [-0.1, -0.05) is 13.8 Å². The lowest BCUT2D eigenvalue weighted by atomic mass is 9.89. The average Bonchev–Trinajstić information content (AvgIpc) is 2.48. The number of sulfone groups is 1. The first-order valence-corrected chi connectivity index (χ1v) is 9.03. The molecule has 0 saturated carbocycles. The molecule has 0 spiro atoms. The Balaban J connectivity index is 1.96. The predicted molar refractivity (Wildman–Crippen MR) is 82.6 cm³/mol. The molecule has 114 valence electrons. The third-order valence-electron chi connectivity index (χ3n) is 4.44. The fourth-order valence-corrected chi connectivity index (χ4v) is 3.94. The van der Waals surface area contributed by atoms with Crippen molar-refractivity contribution in [3.8, 4) is 6.07 Å². The minimum absolute atomic E-state index is 0.139. The van der Waals surface area contributed by atoms with E-state index >= 15 is 0 Å². The van der Waals surface area contributed by atoms with Crippen LogP contribution in [0, 0.1) is 23.2 Å². The number of nitrogens with zero attached hydrogens (tertiary/aromatic N) is 2. The molecular weight excluding hydrogens is 284 g/mol. The Hall–Kier alpha value is -1.38. The molecule has 2 atom stereocenters. The molecule has 1 aromatic carbocycles. The van der Waals surface area contributed by atoms with E-state index in [1.807, 2.05) is 6.07 Å². The molecule has 0 amide bonds. The first-order valence-electron chi connectivity index (χ1n) is 7.37. The molecule has 21 heavy (non-hydrogen) atoms. The van der Waals surface area contributed by atoms with Gasteiger partial charge in [0.05, 0.1) is 22.3 Å². The van der Waals surface area contributed by atoms with Gasteiger partial charge >= 0.3 is 0 Å². The summed E-state index contributed by atoms with van der Waals surface area (Å²) >= 11 is 0. The maximum absolute atomic E-state index is 12.3. The number of piperidine rings is 1. The van der Waals surface area contributed by atoms with Crippen molar-refractivity contribution in [1.29, 1.82) is 5.26 Å². The van der Waals surface area contributed by atoms with Crippen LogP contribution in [-0.2, 0) is 9.84 Å². The summed E-state index contributed by atoms with van der Waals surface area (Å²) in [4.78, 5) is 2.55. The molecule has 1 heterocycles. The van der Waals surface area contributed by atoms with Crippen molar-refractivity contribution in [2.45, 2.75) is 25.2 Å². The largest absolute Gasteiger partial charge is 0.302 e. The van der Waals surface area contributed by atoms with Gasteiger partial charge in [0.15, 0.2) is 9.84 Å². The molecule has 1 aliphatic rings. The van der Waals surface area contributed by atoms with Crippen molar-refractivity contribution in [1.82, 2.24) is 4.90 Å². The fraction of sp³-hybridized carbons (Fsp3) is 0.562. The predicted octanol–water partition coefficient (Wildman–Crippen LogP) is 2.31. The summed E-state index contributed by atoms with van der Waals surface area (Å²) in [6.45, 7) is 7.03. The maximum atomic E-state index is 12.3. The van der Waals surface area contributed by atoms with Crippen LogP contribution in [0.3, 0.4) is 0 Å². The Morgan fingerprint density at radius 2 is 1.90 bits per heavy atom. The van der Waals surface area contributed by atoms with Gasteiger partial charge in [-0.3, -0.25) is 0 Å². The topological polar surface area (TPSA) is 61.2 Å². The minimum atomic E-state index is -3.27. The van der Waals surface area contributed by atoms with E-state index in [0.29, 0.717) is 22.9 Å². The molecule has 1 saturated heterocycles. The molecule has 0 radical (unpaired) electrons. The molecular formula is C16H22N2O2S. The van der Waals surface area contributed by atoms with Crippen molar-refractivity contribution in [2.24, 2.45) is 11.8 Å². The van der Waals surface area contributed by atoms with Gasteiger partial charge in [0.25, 0.3) is 0 Å². The number of rotatable bonds is 4. The zero-order valence-electron chi connectivity index (χ0n) is 12.6. The van der Waals surface area contributed by atoms with Gasteiger partial charge in [-0.15, -0.1) is 0 Å². The van der Waals surface area contributed by atoms with Gasteiger partial charge in [0.2, 0.25) is 0 Å². The third-order valence-corrected chi connectivity index (χ3v) is 6.15. The van der Waals surface area contributed by atoms with E-state index in [1.165, 1.54) is 12.1 Å². The second-order valence-corrected chi connectivity index (χ2v) is 8.11. The number of hydrogen-bond acceptors (Lipinski definition) is 4. The van der Waals surface area contributed by atoms with E-state index < -0.39 is 9.84 Å². The van der Waals surface area contributed by atoms with Crippen LogP contribution < -0.4 is 0 Å². The van der Waals surface area contributed by atoms with Gasteiger partial charge in [-0.25, -0.2) is 8.42 Å². The van der Waals surface area contributed by atoms with E-state index in [4.69, 9.17) is 5.26 Å². The monoisotopic (exact) mass is 306 g/mol. The molecule has 1 fully saturated rings. The number of nitriles is 1. The number of benzene rings is 1. The smallest absolute Gasteiger partial charge is 0.179 e. The van der Waals surface area contributed by atoms with Crippen LogP contribution in [0.4, 0.5) is 0 Å². The second-order valence-electron chi connectivity index (χ2n) is 6.00. The van der Waals surface area contributed by atoms with Crippen LogP contribution >= 0.6 is 0 Å². The molecule has 0 bridgehead atoms. The lowest BCUT2D eigenvalue weighted by molar-refractivity contribution is 0.145. The van der Waals surface area contributed by atoms with Crippen LogP contribution in [0.25, 0.3) is 0 Å². The standard InChI is InChI=1S/C16H22N2O2S/c1-13-7-8-18(12-14(13)2)9-10-21(19,20)16-5-3-15(11-17)4-6-16/h3-6,13-14H,7-10,12H2,1-2H3. The van der Waals surface area contributed by atoms with Gasteiger partial charge < -0.3 is 4.90 Å². The molecule has 1 aliphatic heterocycles. The minimum Gasteiger partial charge on any atom is -0.302 e. The van der Waals surface area contributed by atoms with Crippen molar-refractivity contribution in [3.63, 3.8) is 0 Å². The summed E-state index contributed by atoms with van der Waals surface area (Å²) < 4.78 is 24.6. The number of likely N-dealkylation sites (tertiary alicyclic amines) is 1. The van der Waals surface area contributed by atoms with Crippen molar-refractivity contribution < 1.29 is 8.42 Å². The third kappa shape index (κ3) is 4.05. The Kier molecular flexibility index (Phi) is 5.02. The summed E-state index contributed by atoms with van der Waals surface area (Å²) in [6, 6.07) is 8.15. The van der Waals surface area contributed by atoms with Crippen LogP contribution in [0.1, 0.15) is 25.8 Å². The molecule has 4 nitrogen and oxygen atoms in total. The first-order chi connectivity index (χ1) is 9.92. The Morgan fingerprint density at radius 1 is 1.24 bits per heavy atom. The van der Waals surface area contributed by atoms with Gasteiger partial charge in [0.1, 0.15) is 0 Å². The Morgan fingerprint density at radius 3 is 2.48 bits per heavy atom. The van der Waals surface area contributed by atoms with E-state index in [-0.39, 0.29) is 5.75 Å². The SMILES string of the molecule is CC1CCN(CCS(=O)(=O)c2ccc(C#N)cc2)CC1C. The molecule has 2 rings (SSSR count). The summed E-state index contributed by atoms with van der Waals surface area (Å²) in [5.41, 5.74) is 0.479. The Bertz CT molecular complexity index is 617. The zero-order chi connectivity index (χ0) is 15.5. The van der Waals surface area contributed by atoms with Gasteiger partial charge in [-0.05, 0) is 49.1 Å². The van der Waals surface area contributed by atoms with Gasteiger partial charge in [0, 0.05) is 13.1 Å². The number of hydrogen-bond donors (Lipinski definition) is 0. The summed E-state index contributed by atoms with van der Waals surface area (Å²) in [6.07, 6.45) is 1.14. The molecule has 5 heteroatoms. The summed E-state index contributed by atoms with van der Waals surface area (Å²) in [5, 5.41) is 8.74.